The monoisotopic (exact) mass is 471 g/mol. The third kappa shape index (κ3) is 6.02. The van der Waals surface area contributed by atoms with Gasteiger partial charge in [-0.1, -0.05) is 18.2 Å². The van der Waals surface area contributed by atoms with Gasteiger partial charge in [0, 0.05) is 29.4 Å². The second-order valence-corrected chi connectivity index (χ2v) is 7.95. The number of carbonyl (C=O) groups excluding carboxylic acids is 2. The van der Waals surface area contributed by atoms with Crippen LogP contribution < -0.4 is 25.4 Å². The molecule has 2 heterocycles. The molecule has 0 saturated heterocycles. The molecule has 0 aliphatic rings. The molecule has 2 aromatic heterocycles. The molecule has 0 bridgehead atoms. The van der Waals surface area contributed by atoms with Crippen molar-refractivity contribution in [1.82, 2.24) is 15.3 Å². The Bertz CT molecular complexity index is 1360. The topological polar surface area (TPSA) is 114 Å². The second kappa shape index (κ2) is 10.5. The second-order valence-electron chi connectivity index (χ2n) is 7.95. The van der Waals surface area contributed by atoms with Crippen LogP contribution in [0.25, 0.3) is 10.9 Å². The van der Waals surface area contributed by atoms with Gasteiger partial charge in [-0.2, -0.15) is 0 Å². The highest BCUT2D eigenvalue weighted by Gasteiger charge is 2.12. The van der Waals surface area contributed by atoms with Gasteiger partial charge in [0.05, 0.1) is 12.6 Å². The minimum absolute atomic E-state index is 0.00436. The number of nitrogens with zero attached hydrogens (tertiary/aromatic N) is 2. The van der Waals surface area contributed by atoms with Crippen LogP contribution in [0.4, 0.5) is 16.2 Å². The maximum atomic E-state index is 12.6. The van der Waals surface area contributed by atoms with Gasteiger partial charge in [-0.3, -0.25) is 9.78 Å². The molecular formula is C26H25N5O4. The van der Waals surface area contributed by atoms with Gasteiger partial charge in [-0.25, -0.2) is 9.78 Å². The Balaban J connectivity index is 1.40. The van der Waals surface area contributed by atoms with E-state index < -0.39 is 6.03 Å². The zero-order chi connectivity index (χ0) is 24.8. The van der Waals surface area contributed by atoms with Crippen molar-refractivity contribution >= 4 is 34.2 Å². The smallest absolute Gasteiger partial charge is 0.323 e. The Labute approximate surface area is 202 Å². The molecule has 35 heavy (non-hydrogen) atoms. The van der Waals surface area contributed by atoms with Crippen LogP contribution in [0.15, 0.2) is 72.9 Å². The van der Waals surface area contributed by atoms with Crippen LogP contribution >= 0.6 is 0 Å². The van der Waals surface area contributed by atoms with Gasteiger partial charge in [0.2, 0.25) is 5.88 Å². The molecule has 4 aromatic rings. The molecule has 0 saturated carbocycles. The largest absolute Gasteiger partial charge is 0.479 e. The average Bonchev–Trinajstić information content (AvgIpc) is 2.84. The van der Waals surface area contributed by atoms with Crippen molar-refractivity contribution in [3.63, 3.8) is 0 Å². The standard InChI is InChI=1S/C26H25N5O4/c1-16(2)28-24(32)22-15-20(12-13-27-22)35-19-10-8-18(9-11-19)29-26(33)31-23-14-17-6-4-5-7-21(17)30-25(23)34-3/h4-16H,1-3H3,(H,28,32)(H2,29,31,33). The zero-order valence-corrected chi connectivity index (χ0v) is 19.5. The van der Waals surface area contributed by atoms with E-state index in [1.54, 1.807) is 36.4 Å². The lowest BCUT2D eigenvalue weighted by molar-refractivity contribution is 0.0937. The van der Waals surface area contributed by atoms with E-state index in [0.29, 0.717) is 28.8 Å². The third-order valence-electron chi connectivity index (χ3n) is 4.86. The molecular weight excluding hydrogens is 446 g/mol. The highest BCUT2D eigenvalue weighted by Crippen LogP contribution is 2.27. The molecule has 2 aromatic carbocycles. The molecule has 0 fully saturated rings. The number of urea groups is 1. The highest BCUT2D eigenvalue weighted by atomic mass is 16.5. The van der Waals surface area contributed by atoms with Crippen LogP contribution in [0, 0.1) is 0 Å². The van der Waals surface area contributed by atoms with Crippen molar-refractivity contribution in [2.24, 2.45) is 0 Å². The maximum absolute atomic E-state index is 12.6. The SMILES string of the molecule is COc1nc2ccccc2cc1NC(=O)Nc1ccc(Oc2ccnc(C(=O)NC(C)C)c2)cc1. The zero-order valence-electron chi connectivity index (χ0n) is 19.5. The predicted molar refractivity (Wildman–Crippen MR) is 134 cm³/mol. The summed E-state index contributed by atoms with van der Waals surface area (Å²) in [5, 5.41) is 9.22. The summed E-state index contributed by atoms with van der Waals surface area (Å²) in [5.74, 6) is 1.07. The molecule has 0 unspecified atom stereocenters. The van der Waals surface area contributed by atoms with E-state index in [2.05, 4.69) is 25.9 Å². The number of benzene rings is 2. The number of anilines is 2. The van der Waals surface area contributed by atoms with Gasteiger partial charge in [0.15, 0.2) is 0 Å². The molecule has 3 amide bonds. The highest BCUT2D eigenvalue weighted by molar-refractivity contribution is 6.01. The van der Waals surface area contributed by atoms with Crippen LogP contribution in [0.3, 0.4) is 0 Å². The van der Waals surface area contributed by atoms with Crippen molar-refractivity contribution in [3.8, 4) is 17.4 Å². The van der Waals surface area contributed by atoms with E-state index in [0.717, 1.165) is 10.9 Å². The number of amides is 3. The van der Waals surface area contributed by atoms with Gasteiger partial charge >= 0.3 is 6.03 Å². The molecule has 178 valence electrons. The number of carbonyl (C=O) groups is 2. The third-order valence-corrected chi connectivity index (χ3v) is 4.86. The van der Waals surface area contributed by atoms with Crippen molar-refractivity contribution < 1.29 is 19.1 Å². The summed E-state index contributed by atoms with van der Waals surface area (Å²) in [6, 6.07) is 19.0. The number of methoxy groups -OCH3 is 1. The van der Waals surface area contributed by atoms with Crippen LogP contribution in [-0.4, -0.2) is 35.1 Å². The number of ether oxygens (including phenoxy) is 2. The molecule has 0 atom stereocenters. The van der Waals surface area contributed by atoms with Crippen LogP contribution in [0.1, 0.15) is 24.3 Å². The van der Waals surface area contributed by atoms with Crippen molar-refractivity contribution in [2.75, 3.05) is 17.7 Å². The molecule has 0 aliphatic heterocycles. The molecule has 4 rings (SSSR count). The fourth-order valence-corrected chi connectivity index (χ4v) is 3.31. The first kappa shape index (κ1) is 23.5. The fraction of sp³-hybridized carbons (Fsp3) is 0.154. The maximum Gasteiger partial charge on any atom is 0.323 e. The first-order valence-electron chi connectivity index (χ1n) is 11.0. The first-order valence-corrected chi connectivity index (χ1v) is 11.0. The van der Waals surface area contributed by atoms with Gasteiger partial charge in [-0.05, 0) is 56.3 Å². The van der Waals surface area contributed by atoms with E-state index in [4.69, 9.17) is 9.47 Å². The van der Waals surface area contributed by atoms with Crippen LogP contribution in [-0.2, 0) is 0 Å². The summed E-state index contributed by atoms with van der Waals surface area (Å²) in [5.41, 5.74) is 2.06. The van der Waals surface area contributed by atoms with E-state index in [9.17, 15) is 9.59 Å². The van der Waals surface area contributed by atoms with Crippen molar-refractivity contribution in [1.29, 1.82) is 0 Å². The molecule has 9 nitrogen and oxygen atoms in total. The number of rotatable bonds is 7. The molecule has 0 radical (unpaired) electrons. The van der Waals surface area contributed by atoms with Crippen molar-refractivity contribution in [2.45, 2.75) is 19.9 Å². The number of hydrogen-bond acceptors (Lipinski definition) is 6. The van der Waals surface area contributed by atoms with Crippen LogP contribution in [0.2, 0.25) is 0 Å². The Morgan fingerprint density at radius 2 is 1.69 bits per heavy atom. The first-order chi connectivity index (χ1) is 16.9. The van der Waals surface area contributed by atoms with E-state index >= 15 is 0 Å². The lowest BCUT2D eigenvalue weighted by Gasteiger charge is -2.12. The molecule has 3 N–H and O–H groups in total. The summed E-state index contributed by atoms with van der Waals surface area (Å²) in [6.45, 7) is 3.76. The van der Waals surface area contributed by atoms with Gasteiger partial charge < -0.3 is 25.4 Å². The predicted octanol–water partition coefficient (Wildman–Crippen LogP) is 5.21. The summed E-state index contributed by atoms with van der Waals surface area (Å²) >= 11 is 0. The summed E-state index contributed by atoms with van der Waals surface area (Å²) < 4.78 is 11.1. The summed E-state index contributed by atoms with van der Waals surface area (Å²) in [4.78, 5) is 33.2. The Morgan fingerprint density at radius 3 is 2.43 bits per heavy atom. The Morgan fingerprint density at radius 1 is 0.914 bits per heavy atom. The number of nitrogens with one attached hydrogen (secondary N) is 3. The van der Waals surface area contributed by atoms with Gasteiger partial charge in [0.25, 0.3) is 5.91 Å². The number of fused-ring (bicyclic) bond motifs is 1. The van der Waals surface area contributed by atoms with Gasteiger partial charge in [-0.15, -0.1) is 0 Å². The fourth-order valence-electron chi connectivity index (χ4n) is 3.31. The lowest BCUT2D eigenvalue weighted by Crippen LogP contribution is -2.30. The number of aromatic nitrogens is 2. The molecule has 0 spiro atoms. The normalized spacial score (nSPS) is 10.6. The number of para-hydroxylation sites is 1. The minimum Gasteiger partial charge on any atom is -0.479 e. The van der Waals surface area contributed by atoms with Crippen molar-refractivity contribution in [3.05, 3.63) is 78.6 Å². The minimum atomic E-state index is -0.441. The van der Waals surface area contributed by atoms with Crippen LogP contribution in [0.5, 0.6) is 17.4 Å². The number of hydrogen-bond donors (Lipinski definition) is 3. The Kier molecular flexibility index (Phi) is 7.06. The molecule has 9 heteroatoms. The van der Waals surface area contributed by atoms with E-state index in [1.165, 1.54) is 13.3 Å². The summed E-state index contributed by atoms with van der Waals surface area (Å²) in [7, 11) is 1.50. The van der Waals surface area contributed by atoms with E-state index in [1.807, 2.05) is 44.2 Å². The van der Waals surface area contributed by atoms with E-state index in [-0.39, 0.29) is 17.6 Å². The summed E-state index contributed by atoms with van der Waals surface area (Å²) in [6.07, 6.45) is 1.51. The quantitative estimate of drug-likeness (QED) is 0.341. The van der Waals surface area contributed by atoms with Gasteiger partial charge in [0.1, 0.15) is 22.9 Å². The Hall–Kier alpha value is -4.66. The molecule has 0 aliphatic carbocycles. The lowest BCUT2D eigenvalue weighted by atomic mass is 10.2. The number of pyridine rings is 2. The average molecular weight is 472 g/mol.